The van der Waals surface area contributed by atoms with E-state index in [4.69, 9.17) is 4.74 Å². The van der Waals surface area contributed by atoms with Crippen LogP contribution in [0.2, 0.25) is 0 Å². The summed E-state index contributed by atoms with van der Waals surface area (Å²) in [5.74, 6) is 0.496. The van der Waals surface area contributed by atoms with Crippen molar-refractivity contribution < 1.29 is 14.3 Å². The molecule has 0 saturated heterocycles. The minimum absolute atomic E-state index is 0.00596. The molecule has 1 aromatic carbocycles. The number of nitrogens with zero attached hydrogens (tertiary/aromatic N) is 1. The molecule has 2 aliphatic rings. The summed E-state index contributed by atoms with van der Waals surface area (Å²) in [5.41, 5.74) is 1.90. The predicted molar refractivity (Wildman–Crippen MR) is 96.1 cm³/mol. The fraction of sp³-hybridized carbons (Fsp3) is 0.600. The number of nitrogens with one attached hydrogen (secondary N) is 1. The summed E-state index contributed by atoms with van der Waals surface area (Å²) in [6, 6.07) is 7.23. The Kier molecular flexibility index (Phi) is 6.08. The number of carbonyl (C=O) groups is 2. The molecular formula is C20H28N2O3. The lowest BCUT2D eigenvalue weighted by atomic mass is 9.88. The van der Waals surface area contributed by atoms with Crippen LogP contribution in [0, 0.1) is 5.92 Å². The Bertz CT molecular complexity index is 611. The molecule has 1 atom stereocenters. The number of rotatable bonds is 6. The number of amides is 2. The first-order valence-corrected chi connectivity index (χ1v) is 9.34. The summed E-state index contributed by atoms with van der Waals surface area (Å²) in [5, 5.41) is 3.12. The smallest absolute Gasteiger partial charge is 0.247 e. The molecule has 25 heavy (non-hydrogen) atoms. The highest BCUT2D eigenvalue weighted by Crippen LogP contribution is 2.31. The fourth-order valence-electron chi connectivity index (χ4n) is 4.00. The lowest BCUT2D eigenvalue weighted by molar-refractivity contribution is -0.142. The van der Waals surface area contributed by atoms with Crippen LogP contribution in [0.4, 0.5) is 0 Å². The molecule has 5 nitrogen and oxygen atoms in total. The largest absolute Gasteiger partial charge is 0.383 e. The van der Waals surface area contributed by atoms with Gasteiger partial charge in [-0.3, -0.25) is 9.59 Å². The third-order valence-corrected chi connectivity index (χ3v) is 5.40. The molecule has 1 aliphatic carbocycles. The van der Waals surface area contributed by atoms with Gasteiger partial charge >= 0.3 is 0 Å². The van der Waals surface area contributed by atoms with E-state index in [0.717, 1.165) is 11.1 Å². The van der Waals surface area contributed by atoms with Crippen LogP contribution < -0.4 is 5.32 Å². The molecule has 1 fully saturated rings. The quantitative estimate of drug-likeness (QED) is 0.862. The van der Waals surface area contributed by atoms with Crippen molar-refractivity contribution >= 4 is 11.8 Å². The van der Waals surface area contributed by atoms with Gasteiger partial charge in [0.25, 0.3) is 0 Å². The van der Waals surface area contributed by atoms with Gasteiger partial charge < -0.3 is 15.0 Å². The summed E-state index contributed by atoms with van der Waals surface area (Å²) in [7, 11) is 1.61. The lowest BCUT2D eigenvalue weighted by Gasteiger charge is -2.36. The number of carbonyl (C=O) groups excluding carboxylic acids is 2. The molecule has 0 radical (unpaired) electrons. The van der Waals surface area contributed by atoms with Gasteiger partial charge in [-0.15, -0.1) is 0 Å². The molecule has 3 rings (SSSR count). The van der Waals surface area contributed by atoms with Crippen molar-refractivity contribution in [3.05, 3.63) is 35.4 Å². The van der Waals surface area contributed by atoms with Crippen molar-refractivity contribution in [2.24, 2.45) is 5.92 Å². The van der Waals surface area contributed by atoms with E-state index < -0.39 is 6.04 Å². The number of benzene rings is 1. The molecule has 1 saturated carbocycles. The highest BCUT2D eigenvalue weighted by atomic mass is 16.5. The summed E-state index contributed by atoms with van der Waals surface area (Å²) in [4.78, 5) is 27.2. The first-order chi connectivity index (χ1) is 12.2. The maximum Gasteiger partial charge on any atom is 0.247 e. The van der Waals surface area contributed by atoms with E-state index in [1.807, 2.05) is 24.3 Å². The van der Waals surface area contributed by atoms with E-state index in [1.54, 1.807) is 12.0 Å². The highest BCUT2D eigenvalue weighted by Gasteiger charge is 2.36. The second kappa shape index (κ2) is 8.48. The van der Waals surface area contributed by atoms with Crippen LogP contribution in [-0.2, 0) is 20.7 Å². The van der Waals surface area contributed by atoms with Gasteiger partial charge in [0.15, 0.2) is 0 Å². The van der Waals surface area contributed by atoms with Gasteiger partial charge in [-0.2, -0.15) is 0 Å². The molecule has 1 aliphatic heterocycles. The van der Waals surface area contributed by atoms with Gasteiger partial charge in [0.2, 0.25) is 11.8 Å². The van der Waals surface area contributed by atoms with Crippen molar-refractivity contribution in [3.63, 3.8) is 0 Å². The molecule has 0 aromatic heterocycles. The topological polar surface area (TPSA) is 58.6 Å². The van der Waals surface area contributed by atoms with E-state index in [2.05, 4.69) is 5.32 Å². The van der Waals surface area contributed by atoms with Crippen molar-refractivity contribution in [2.45, 2.75) is 44.6 Å². The summed E-state index contributed by atoms with van der Waals surface area (Å²) < 4.78 is 5.14. The molecule has 1 unspecified atom stereocenters. The SMILES string of the molecule is COCCN1C(=O)Cc2ccccc2C1C(=O)NCC1CCCCC1. The molecule has 0 bridgehead atoms. The predicted octanol–water partition coefficient (Wildman–Crippen LogP) is 2.46. The Morgan fingerprint density at radius 3 is 2.76 bits per heavy atom. The van der Waals surface area contributed by atoms with Crippen LogP contribution in [0.5, 0.6) is 0 Å². The standard InChI is InChI=1S/C20H28N2O3/c1-25-12-11-22-18(23)13-16-9-5-6-10-17(16)19(22)20(24)21-14-15-7-3-2-4-8-15/h5-6,9-10,15,19H,2-4,7-8,11-14H2,1H3,(H,21,24). The second-order valence-corrected chi connectivity index (χ2v) is 7.11. The van der Waals surface area contributed by atoms with Crippen molar-refractivity contribution in [1.82, 2.24) is 10.2 Å². The van der Waals surface area contributed by atoms with Crippen LogP contribution in [0.15, 0.2) is 24.3 Å². The lowest BCUT2D eigenvalue weighted by Crippen LogP contribution is -2.49. The Labute approximate surface area is 149 Å². The van der Waals surface area contributed by atoms with Gasteiger partial charge in [0.1, 0.15) is 6.04 Å². The first kappa shape index (κ1) is 17.9. The maximum atomic E-state index is 13.0. The molecule has 2 amide bonds. The minimum Gasteiger partial charge on any atom is -0.383 e. The average Bonchev–Trinajstić information content (AvgIpc) is 2.65. The van der Waals surface area contributed by atoms with Gasteiger partial charge in [-0.25, -0.2) is 0 Å². The zero-order valence-electron chi connectivity index (χ0n) is 15.0. The number of hydrogen-bond donors (Lipinski definition) is 1. The van der Waals surface area contributed by atoms with E-state index in [-0.39, 0.29) is 11.8 Å². The Morgan fingerprint density at radius 2 is 2.00 bits per heavy atom. The van der Waals surface area contributed by atoms with Crippen LogP contribution in [0.3, 0.4) is 0 Å². The van der Waals surface area contributed by atoms with Crippen LogP contribution in [-0.4, -0.2) is 43.5 Å². The molecular weight excluding hydrogens is 316 g/mol. The number of hydrogen-bond acceptors (Lipinski definition) is 3. The fourth-order valence-corrected chi connectivity index (χ4v) is 4.00. The van der Waals surface area contributed by atoms with Gasteiger partial charge in [-0.1, -0.05) is 43.5 Å². The summed E-state index contributed by atoms with van der Waals surface area (Å²) >= 11 is 0. The molecule has 5 heteroatoms. The molecule has 136 valence electrons. The normalized spacial score (nSPS) is 21.1. The molecule has 1 heterocycles. The second-order valence-electron chi connectivity index (χ2n) is 7.11. The Morgan fingerprint density at radius 1 is 1.24 bits per heavy atom. The Balaban J connectivity index is 1.75. The number of ether oxygens (including phenoxy) is 1. The highest BCUT2D eigenvalue weighted by molar-refractivity contribution is 5.92. The van der Waals surface area contributed by atoms with Crippen molar-refractivity contribution in [1.29, 1.82) is 0 Å². The third kappa shape index (κ3) is 4.21. The van der Waals surface area contributed by atoms with E-state index in [9.17, 15) is 9.59 Å². The number of methoxy groups -OCH3 is 1. The van der Waals surface area contributed by atoms with Crippen LogP contribution in [0.1, 0.15) is 49.3 Å². The average molecular weight is 344 g/mol. The Hall–Kier alpha value is -1.88. The third-order valence-electron chi connectivity index (χ3n) is 5.40. The zero-order valence-corrected chi connectivity index (χ0v) is 15.0. The van der Waals surface area contributed by atoms with Gasteiger partial charge in [0, 0.05) is 20.2 Å². The molecule has 1 aromatic rings. The monoisotopic (exact) mass is 344 g/mol. The minimum atomic E-state index is -0.545. The molecule has 0 spiro atoms. The van der Waals surface area contributed by atoms with Crippen LogP contribution in [0.25, 0.3) is 0 Å². The van der Waals surface area contributed by atoms with E-state index in [1.165, 1.54) is 32.1 Å². The zero-order chi connectivity index (χ0) is 17.6. The van der Waals surface area contributed by atoms with Crippen molar-refractivity contribution in [3.8, 4) is 0 Å². The summed E-state index contributed by atoms with van der Waals surface area (Å²) in [6.45, 7) is 1.58. The van der Waals surface area contributed by atoms with Crippen LogP contribution >= 0.6 is 0 Å². The maximum absolute atomic E-state index is 13.0. The van der Waals surface area contributed by atoms with E-state index in [0.29, 0.717) is 32.0 Å². The van der Waals surface area contributed by atoms with Gasteiger partial charge in [0.05, 0.1) is 13.0 Å². The first-order valence-electron chi connectivity index (χ1n) is 9.34. The number of fused-ring (bicyclic) bond motifs is 1. The van der Waals surface area contributed by atoms with E-state index >= 15 is 0 Å². The van der Waals surface area contributed by atoms with Gasteiger partial charge in [-0.05, 0) is 29.9 Å². The molecule has 1 N–H and O–H groups in total. The summed E-state index contributed by atoms with van der Waals surface area (Å²) in [6.07, 6.45) is 6.55. The van der Waals surface area contributed by atoms with Crippen molar-refractivity contribution in [2.75, 3.05) is 26.8 Å².